The molecular weight excluding hydrogens is 264 g/mol. The molecule has 4 nitrogen and oxygen atoms in total. The Labute approximate surface area is 122 Å². The summed E-state index contributed by atoms with van der Waals surface area (Å²) in [5.41, 5.74) is 0. The third-order valence-corrected chi connectivity index (χ3v) is 4.11. The van der Waals surface area contributed by atoms with Crippen molar-refractivity contribution >= 4 is 18.3 Å². The van der Waals surface area contributed by atoms with E-state index >= 15 is 0 Å². The van der Waals surface area contributed by atoms with Gasteiger partial charge >= 0.3 is 0 Å². The topological polar surface area (TPSA) is 41.6 Å². The quantitative estimate of drug-likeness (QED) is 0.859. The SMILES string of the molecule is CCN(CC1CCCO1)C(=O)[C@H]1CCN[C@@H](C)C1.Cl. The van der Waals surface area contributed by atoms with Gasteiger partial charge in [-0.2, -0.15) is 0 Å². The van der Waals surface area contributed by atoms with Gasteiger partial charge in [0, 0.05) is 31.7 Å². The van der Waals surface area contributed by atoms with E-state index in [1.807, 2.05) is 4.90 Å². The first-order chi connectivity index (χ1) is 8.70. The largest absolute Gasteiger partial charge is 0.376 e. The van der Waals surface area contributed by atoms with Crippen LogP contribution in [0.15, 0.2) is 0 Å². The van der Waals surface area contributed by atoms with Crippen LogP contribution in [0, 0.1) is 5.92 Å². The summed E-state index contributed by atoms with van der Waals surface area (Å²) in [5.74, 6) is 0.545. The van der Waals surface area contributed by atoms with E-state index in [1.54, 1.807) is 0 Å². The van der Waals surface area contributed by atoms with Crippen LogP contribution in [0.5, 0.6) is 0 Å². The second kappa shape index (κ2) is 8.08. The average Bonchev–Trinajstić information content (AvgIpc) is 2.88. The van der Waals surface area contributed by atoms with Crippen LogP contribution in [0.4, 0.5) is 0 Å². The lowest BCUT2D eigenvalue weighted by molar-refractivity contribution is -0.138. The molecule has 0 bridgehead atoms. The molecule has 0 radical (unpaired) electrons. The fourth-order valence-electron chi connectivity index (χ4n) is 3.02. The van der Waals surface area contributed by atoms with Crippen LogP contribution >= 0.6 is 12.4 Å². The maximum absolute atomic E-state index is 12.5. The number of carbonyl (C=O) groups excluding carboxylic acids is 1. The second-order valence-corrected chi connectivity index (χ2v) is 5.59. The molecule has 1 unspecified atom stereocenters. The Morgan fingerprint density at radius 2 is 2.21 bits per heavy atom. The summed E-state index contributed by atoms with van der Waals surface area (Å²) in [6.45, 7) is 7.65. The zero-order valence-electron chi connectivity index (χ0n) is 12.1. The molecule has 0 saturated carbocycles. The Morgan fingerprint density at radius 3 is 2.79 bits per heavy atom. The zero-order valence-corrected chi connectivity index (χ0v) is 12.9. The lowest BCUT2D eigenvalue weighted by Gasteiger charge is -2.32. The Kier molecular flexibility index (Phi) is 7.11. The molecule has 2 saturated heterocycles. The number of amides is 1. The molecule has 5 heteroatoms. The smallest absolute Gasteiger partial charge is 0.225 e. The van der Waals surface area contributed by atoms with Crippen molar-refractivity contribution in [2.24, 2.45) is 5.92 Å². The molecule has 1 N–H and O–H groups in total. The highest BCUT2D eigenvalue weighted by Crippen LogP contribution is 2.20. The minimum absolute atomic E-state index is 0. The summed E-state index contributed by atoms with van der Waals surface area (Å²) in [6, 6.07) is 0.467. The van der Waals surface area contributed by atoms with E-state index in [-0.39, 0.29) is 24.4 Å². The van der Waals surface area contributed by atoms with Crippen molar-refractivity contribution in [3.63, 3.8) is 0 Å². The van der Waals surface area contributed by atoms with Gasteiger partial charge in [0.15, 0.2) is 0 Å². The van der Waals surface area contributed by atoms with Gasteiger partial charge < -0.3 is 15.0 Å². The van der Waals surface area contributed by atoms with Crippen LogP contribution in [0.2, 0.25) is 0 Å². The predicted molar refractivity (Wildman–Crippen MR) is 78.7 cm³/mol. The number of likely N-dealkylation sites (N-methyl/N-ethyl adjacent to an activating group) is 1. The summed E-state index contributed by atoms with van der Waals surface area (Å²) in [4.78, 5) is 14.5. The van der Waals surface area contributed by atoms with Gasteiger partial charge in [0.2, 0.25) is 5.91 Å². The molecule has 2 fully saturated rings. The molecule has 112 valence electrons. The van der Waals surface area contributed by atoms with Gasteiger partial charge in [0.1, 0.15) is 0 Å². The third-order valence-electron chi connectivity index (χ3n) is 4.11. The number of hydrogen-bond acceptors (Lipinski definition) is 3. The van der Waals surface area contributed by atoms with Crippen molar-refractivity contribution in [1.82, 2.24) is 10.2 Å². The van der Waals surface area contributed by atoms with E-state index in [0.29, 0.717) is 11.9 Å². The van der Waals surface area contributed by atoms with Crippen LogP contribution in [0.25, 0.3) is 0 Å². The highest BCUT2D eigenvalue weighted by Gasteiger charge is 2.29. The molecule has 3 atom stereocenters. The zero-order chi connectivity index (χ0) is 13.0. The van der Waals surface area contributed by atoms with Gasteiger partial charge in [-0.15, -0.1) is 12.4 Å². The Morgan fingerprint density at radius 1 is 1.42 bits per heavy atom. The van der Waals surface area contributed by atoms with Crippen LogP contribution in [-0.4, -0.2) is 49.2 Å². The van der Waals surface area contributed by atoms with E-state index in [2.05, 4.69) is 19.2 Å². The fraction of sp³-hybridized carbons (Fsp3) is 0.929. The van der Waals surface area contributed by atoms with E-state index < -0.39 is 0 Å². The second-order valence-electron chi connectivity index (χ2n) is 5.59. The molecule has 0 aromatic heterocycles. The van der Waals surface area contributed by atoms with Crippen molar-refractivity contribution in [2.45, 2.75) is 51.7 Å². The van der Waals surface area contributed by atoms with Crippen LogP contribution in [-0.2, 0) is 9.53 Å². The maximum Gasteiger partial charge on any atom is 0.225 e. The molecule has 2 rings (SSSR count). The summed E-state index contributed by atoms with van der Waals surface area (Å²) < 4.78 is 5.64. The van der Waals surface area contributed by atoms with Crippen LogP contribution in [0.1, 0.15) is 39.5 Å². The molecular formula is C14H27ClN2O2. The van der Waals surface area contributed by atoms with E-state index in [9.17, 15) is 4.79 Å². The van der Waals surface area contributed by atoms with Gasteiger partial charge in [-0.1, -0.05) is 0 Å². The standard InChI is InChI=1S/C14H26N2O2.ClH/c1-3-16(10-13-5-4-8-18-13)14(17)12-6-7-15-11(2)9-12;/h11-13,15H,3-10H2,1-2H3;1H/t11-,12-,13?;/m0./s1. The lowest BCUT2D eigenvalue weighted by Crippen LogP contribution is -2.46. The van der Waals surface area contributed by atoms with Gasteiger partial charge in [-0.05, 0) is 46.1 Å². The first-order valence-electron chi connectivity index (χ1n) is 7.34. The third kappa shape index (κ3) is 4.62. The first kappa shape index (κ1) is 16.7. The van der Waals surface area contributed by atoms with Crippen molar-refractivity contribution < 1.29 is 9.53 Å². The van der Waals surface area contributed by atoms with Gasteiger partial charge in [-0.3, -0.25) is 4.79 Å². The molecule has 2 aliphatic rings. The van der Waals surface area contributed by atoms with Gasteiger partial charge in [0.05, 0.1) is 6.10 Å². The number of nitrogens with zero attached hydrogens (tertiary/aromatic N) is 1. The molecule has 0 aromatic carbocycles. The molecule has 2 aliphatic heterocycles. The highest BCUT2D eigenvalue weighted by molar-refractivity contribution is 5.85. The van der Waals surface area contributed by atoms with Crippen molar-refractivity contribution in [3.8, 4) is 0 Å². The van der Waals surface area contributed by atoms with Gasteiger partial charge in [0.25, 0.3) is 0 Å². The molecule has 19 heavy (non-hydrogen) atoms. The maximum atomic E-state index is 12.5. The van der Waals surface area contributed by atoms with Crippen molar-refractivity contribution in [1.29, 1.82) is 0 Å². The minimum Gasteiger partial charge on any atom is -0.376 e. The molecule has 2 heterocycles. The van der Waals surface area contributed by atoms with Gasteiger partial charge in [-0.25, -0.2) is 0 Å². The minimum atomic E-state index is 0. The summed E-state index contributed by atoms with van der Waals surface area (Å²) in [6.07, 6.45) is 4.47. The number of nitrogens with one attached hydrogen (secondary N) is 1. The van der Waals surface area contributed by atoms with E-state index in [1.165, 1.54) is 0 Å². The predicted octanol–water partition coefficient (Wildman–Crippen LogP) is 1.82. The monoisotopic (exact) mass is 290 g/mol. The number of hydrogen-bond donors (Lipinski definition) is 1. The Hall–Kier alpha value is -0.320. The Balaban J connectivity index is 0.00000180. The van der Waals surface area contributed by atoms with E-state index in [4.69, 9.17) is 4.74 Å². The average molecular weight is 291 g/mol. The number of rotatable bonds is 4. The van der Waals surface area contributed by atoms with E-state index in [0.717, 1.165) is 51.9 Å². The molecule has 1 amide bonds. The summed E-state index contributed by atoms with van der Waals surface area (Å²) in [7, 11) is 0. The molecule has 0 aromatic rings. The summed E-state index contributed by atoms with van der Waals surface area (Å²) >= 11 is 0. The van der Waals surface area contributed by atoms with Crippen molar-refractivity contribution in [3.05, 3.63) is 0 Å². The number of ether oxygens (including phenoxy) is 1. The highest BCUT2D eigenvalue weighted by atomic mass is 35.5. The first-order valence-corrected chi connectivity index (χ1v) is 7.34. The normalized spacial score (nSPS) is 30.7. The Bertz CT molecular complexity index is 283. The molecule has 0 spiro atoms. The van der Waals surface area contributed by atoms with Crippen LogP contribution < -0.4 is 5.32 Å². The number of piperidine rings is 1. The van der Waals surface area contributed by atoms with Crippen molar-refractivity contribution in [2.75, 3.05) is 26.2 Å². The molecule has 0 aliphatic carbocycles. The lowest BCUT2D eigenvalue weighted by atomic mass is 9.92. The van der Waals surface area contributed by atoms with Crippen LogP contribution in [0.3, 0.4) is 0 Å². The fourth-order valence-corrected chi connectivity index (χ4v) is 3.02. The number of halogens is 1. The number of carbonyl (C=O) groups is 1. The summed E-state index contributed by atoms with van der Waals surface area (Å²) in [5, 5.41) is 3.40.